The number of benzene rings is 11. The number of para-hydroxylation sites is 6. The Balaban J connectivity index is 1.06. The highest BCUT2D eigenvalue weighted by Crippen LogP contribution is 2.48. The van der Waals surface area contributed by atoms with Crippen LogP contribution >= 0.6 is 0 Å². The van der Waals surface area contributed by atoms with Crippen molar-refractivity contribution < 1.29 is 13.2 Å². The fourth-order valence-electron chi connectivity index (χ4n) is 12.4. The lowest BCUT2D eigenvalue weighted by atomic mass is 9.89. The van der Waals surface area contributed by atoms with Crippen molar-refractivity contribution in [3.63, 3.8) is 0 Å². The minimum atomic E-state index is -4.67. The minimum Gasteiger partial charge on any atom is -0.309 e. The fraction of sp³-hybridized carbons (Fsp3) is 0.0145. The molecule has 0 aliphatic carbocycles. The molecule has 0 N–H and O–H groups in total. The lowest BCUT2D eigenvalue weighted by Gasteiger charge is -2.20. The first-order valence-corrected chi connectivity index (χ1v) is 25.6. The summed E-state index contributed by atoms with van der Waals surface area (Å²) in [6.45, 7) is 0. The highest BCUT2D eigenvalue weighted by atomic mass is 19.4. The molecule has 0 fully saturated rings. The van der Waals surface area contributed by atoms with Crippen molar-refractivity contribution in [3.05, 3.63) is 253 Å². The summed E-state index contributed by atoms with van der Waals surface area (Å²) in [5.41, 5.74) is 13.0. The van der Waals surface area contributed by atoms with Gasteiger partial charge in [0.25, 0.3) is 0 Å². The Morgan fingerprint density at radius 3 is 1.35 bits per heavy atom. The lowest BCUT2D eigenvalue weighted by Crippen LogP contribution is -2.06. The van der Waals surface area contributed by atoms with Crippen LogP contribution in [0.2, 0.25) is 0 Å². The Labute approximate surface area is 443 Å². The molecule has 0 unspecified atom stereocenters. The van der Waals surface area contributed by atoms with Gasteiger partial charge in [0.15, 0.2) is 0 Å². The molecule has 4 heterocycles. The van der Waals surface area contributed by atoms with E-state index in [1.807, 2.05) is 66.7 Å². The van der Waals surface area contributed by atoms with Gasteiger partial charge in [-0.05, 0) is 114 Å². The van der Waals surface area contributed by atoms with Crippen molar-refractivity contribution in [3.8, 4) is 57.1 Å². The summed E-state index contributed by atoms with van der Waals surface area (Å²) < 4.78 is 52.4. The van der Waals surface area contributed by atoms with Gasteiger partial charge in [0.2, 0.25) is 0 Å². The Morgan fingerprint density at radius 1 is 0.321 bits per heavy atom. The number of hydrogen-bond donors (Lipinski definition) is 0. The van der Waals surface area contributed by atoms with Gasteiger partial charge in [0.1, 0.15) is 0 Å². The van der Waals surface area contributed by atoms with E-state index >= 15 is 0 Å². The van der Waals surface area contributed by atoms with Gasteiger partial charge < -0.3 is 18.3 Å². The van der Waals surface area contributed by atoms with Crippen molar-refractivity contribution in [2.45, 2.75) is 6.18 Å². The smallest absolute Gasteiger partial charge is 0.309 e. The second-order valence-corrected chi connectivity index (χ2v) is 19.7. The number of rotatable bonds is 6. The topological polar surface area (TPSA) is 67.3 Å². The highest BCUT2D eigenvalue weighted by Gasteiger charge is 2.32. The SMILES string of the molecule is N#Cc1ccc(-n2c3ccccc3c3c2ccc2c4ccccc4n(-c4ccccc4)c23)c(-c2cc(-n3c4ccccc4c4c3ccc3c5ccccc5n(-c5ccccc5)c34)ccc2-c2ccc(C(F)(F)F)cc2C#N)c1. The van der Waals surface area contributed by atoms with E-state index in [9.17, 15) is 23.7 Å². The van der Waals surface area contributed by atoms with Crippen LogP contribution in [0.5, 0.6) is 0 Å². The van der Waals surface area contributed by atoms with E-state index in [0.717, 1.165) is 122 Å². The molecule has 0 bridgehead atoms. The summed E-state index contributed by atoms with van der Waals surface area (Å²) in [6, 6.07) is 82.5. The first kappa shape index (κ1) is 44.8. The Bertz CT molecular complexity index is 5100. The molecule has 366 valence electrons. The molecular weight excluding hydrogens is 970 g/mol. The van der Waals surface area contributed by atoms with Crippen LogP contribution in [0, 0.1) is 22.7 Å². The van der Waals surface area contributed by atoms with Gasteiger partial charge >= 0.3 is 6.18 Å². The summed E-state index contributed by atoms with van der Waals surface area (Å²) in [5.74, 6) is 0. The monoisotopic (exact) mass is 1010 g/mol. The zero-order valence-electron chi connectivity index (χ0n) is 41.3. The van der Waals surface area contributed by atoms with Crippen LogP contribution in [0.3, 0.4) is 0 Å². The summed E-state index contributed by atoms with van der Waals surface area (Å²) in [4.78, 5) is 0. The number of nitrogens with zero attached hydrogens (tertiary/aromatic N) is 6. The molecule has 0 amide bonds. The van der Waals surface area contributed by atoms with Crippen LogP contribution in [0.25, 0.3) is 132 Å². The molecule has 0 saturated heterocycles. The zero-order chi connectivity index (χ0) is 52.4. The Morgan fingerprint density at radius 2 is 0.808 bits per heavy atom. The van der Waals surface area contributed by atoms with E-state index in [4.69, 9.17) is 0 Å². The van der Waals surface area contributed by atoms with E-state index in [1.54, 1.807) is 0 Å². The third kappa shape index (κ3) is 6.49. The average Bonchev–Trinajstić information content (AvgIpc) is 4.43. The number of hydrogen-bond acceptors (Lipinski definition) is 2. The first-order chi connectivity index (χ1) is 38.3. The number of alkyl halides is 3. The van der Waals surface area contributed by atoms with E-state index in [2.05, 4.69) is 182 Å². The van der Waals surface area contributed by atoms with Gasteiger partial charge in [-0.2, -0.15) is 23.7 Å². The second-order valence-electron chi connectivity index (χ2n) is 19.7. The van der Waals surface area contributed by atoms with E-state index in [1.165, 1.54) is 6.07 Å². The van der Waals surface area contributed by atoms with Gasteiger partial charge in [-0.25, -0.2) is 0 Å². The second kappa shape index (κ2) is 17.0. The maximum atomic E-state index is 14.4. The molecule has 0 spiro atoms. The number of fused-ring (bicyclic) bond motifs is 14. The Hall–Kier alpha value is -10.6. The summed E-state index contributed by atoms with van der Waals surface area (Å²) >= 11 is 0. The van der Waals surface area contributed by atoms with Crippen LogP contribution in [-0.2, 0) is 6.18 Å². The predicted octanol–water partition coefficient (Wildman–Crippen LogP) is 18.2. The molecule has 0 aliphatic heterocycles. The third-order valence-electron chi connectivity index (χ3n) is 15.6. The molecule has 15 aromatic rings. The number of aromatic nitrogens is 4. The molecular formula is C69H39F3N6. The Kier molecular flexibility index (Phi) is 9.75. The first-order valence-electron chi connectivity index (χ1n) is 25.6. The fourth-order valence-corrected chi connectivity index (χ4v) is 12.4. The van der Waals surface area contributed by atoms with Crippen molar-refractivity contribution in [1.29, 1.82) is 10.5 Å². The quantitative estimate of drug-likeness (QED) is 0.167. The summed E-state index contributed by atoms with van der Waals surface area (Å²) in [6.07, 6.45) is -4.67. The number of halogens is 3. The molecule has 0 radical (unpaired) electrons. The van der Waals surface area contributed by atoms with Crippen molar-refractivity contribution in [2.24, 2.45) is 0 Å². The lowest BCUT2D eigenvalue weighted by molar-refractivity contribution is -0.137. The van der Waals surface area contributed by atoms with Crippen LogP contribution in [0.4, 0.5) is 13.2 Å². The maximum absolute atomic E-state index is 14.4. The van der Waals surface area contributed by atoms with Crippen LogP contribution in [-0.4, -0.2) is 18.3 Å². The molecule has 4 aromatic heterocycles. The molecule has 15 rings (SSSR count). The zero-order valence-corrected chi connectivity index (χ0v) is 41.3. The van der Waals surface area contributed by atoms with Gasteiger partial charge in [0.05, 0.1) is 78.6 Å². The summed E-state index contributed by atoms with van der Waals surface area (Å²) in [7, 11) is 0. The predicted molar refractivity (Wildman–Crippen MR) is 309 cm³/mol. The number of nitriles is 2. The molecule has 78 heavy (non-hydrogen) atoms. The van der Waals surface area contributed by atoms with Gasteiger partial charge in [-0.3, -0.25) is 0 Å². The van der Waals surface area contributed by atoms with Crippen molar-refractivity contribution in [1.82, 2.24) is 18.3 Å². The van der Waals surface area contributed by atoms with Crippen LogP contribution in [0.15, 0.2) is 237 Å². The van der Waals surface area contributed by atoms with Crippen LogP contribution in [0.1, 0.15) is 16.7 Å². The molecule has 0 atom stereocenters. The highest BCUT2D eigenvalue weighted by molar-refractivity contribution is 6.28. The largest absolute Gasteiger partial charge is 0.416 e. The van der Waals surface area contributed by atoms with Crippen LogP contribution < -0.4 is 0 Å². The van der Waals surface area contributed by atoms with Gasteiger partial charge in [-0.15, -0.1) is 0 Å². The maximum Gasteiger partial charge on any atom is 0.416 e. The minimum absolute atomic E-state index is 0.127. The van der Waals surface area contributed by atoms with E-state index in [0.29, 0.717) is 27.8 Å². The van der Waals surface area contributed by atoms with Gasteiger partial charge in [0, 0.05) is 71.3 Å². The average molecular weight is 1010 g/mol. The standard InChI is InChI=1S/C69H39F3N6/c70-69(71,72)44-28-30-48(43(38-44)41-74)49-31-29-47(75-60-25-13-9-21-54(60)65-63(75)35-32-52-50-19-7-11-23-58(50)76(67(52)65)45-15-3-1-4-16-45)39-56(49)57-37-42(40-73)27-34-62(57)78-61-26-14-10-22-55(61)66-64(78)36-33-53-51-20-8-12-24-59(51)77(68(53)66)46-17-5-2-6-18-46/h1-39H. The van der Waals surface area contributed by atoms with E-state index < -0.39 is 11.7 Å². The van der Waals surface area contributed by atoms with Crippen molar-refractivity contribution >= 4 is 87.2 Å². The normalized spacial score (nSPS) is 12.0. The molecule has 6 nitrogen and oxygen atoms in total. The van der Waals surface area contributed by atoms with E-state index in [-0.39, 0.29) is 5.56 Å². The van der Waals surface area contributed by atoms with Crippen molar-refractivity contribution in [2.75, 3.05) is 0 Å². The molecule has 0 saturated carbocycles. The molecule has 0 aliphatic rings. The third-order valence-corrected chi connectivity index (χ3v) is 15.6. The molecule has 11 aromatic carbocycles. The van der Waals surface area contributed by atoms with Gasteiger partial charge in [-0.1, -0.05) is 133 Å². The summed E-state index contributed by atoms with van der Waals surface area (Å²) in [5, 5.41) is 30.1. The molecule has 9 heteroatoms.